The summed E-state index contributed by atoms with van der Waals surface area (Å²) in [5, 5.41) is 10.1. The van der Waals surface area contributed by atoms with Gasteiger partial charge in [-0.2, -0.15) is 18.2 Å². The van der Waals surface area contributed by atoms with Crippen LogP contribution in [0.4, 0.5) is 24.8 Å². The number of halogens is 3. The standard InChI is InChI=1S/C23H23F3N6O2.C6H13N.C2H2/c1-27-21(34)16-4-6-17(7-5-16)28-22-29-20-18(3-2-12-32(20)30-22)15-9-13-31(14-10-15)19(33)8-11-23(24,25)26;1-7-5-3-2-4-6-7;1-2/h2-7,9,12H,8,10-11,13-14H2,1H3,(H,27,34)(H,28,30);2-6H2,1H3;1-2H. The number of nitrogens with zero attached hydrogens (tertiary/aromatic N) is 5. The summed E-state index contributed by atoms with van der Waals surface area (Å²) in [5.74, 6) is -0.300. The molecule has 230 valence electrons. The van der Waals surface area contributed by atoms with Gasteiger partial charge in [0.05, 0.1) is 6.42 Å². The number of aromatic nitrogens is 3. The number of hydrogen-bond acceptors (Lipinski definition) is 6. The highest BCUT2D eigenvalue weighted by Gasteiger charge is 2.29. The van der Waals surface area contributed by atoms with Crippen molar-refractivity contribution in [2.75, 3.05) is 45.6 Å². The zero-order valence-electron chi connectivity index (χ0n) is 24.5. The van der Waals surface area contributed by atoms with Gasteiger partial charge in [0, 0.05) is 49.6 Å². The van der Waals surface area contributed by atoms with Gasteiger partial charge >= 0.3 is 6.18 Å². The molecule has 43 heavy (non-hydrogen) atoms. The summed E-state index contributed by atoms with van der Waals surface area (Å²) in [6, 6.07) is 10.6. The average Bonchev–Trinajstić information content (AvgIpc) is 3.44. The van der Waals surface area contributed by atoms with Crippen LogP contribution in [0.1, 0.15) is 54.4 Å². The molecule has 4 heterocycles. The molecule has 2 amide bonds. The van der Waals surface area contributed by atoms with Crippen LogP contribution in [0.15, 0.2) is 48.7 Å². The van der Waals surface area contributed by atoms with E-state index in [0.29, 0.717) is 30.1 Å². The molecule has 2 N–H and O–H groups in total. The first kappa shape index (κ1) is 33.1. The zero-order chi connectivity index (χ0) is 31.4. The number of terminal acetylenes is 1. The molecular formula is C31H38F3N7O2. The number of pyridine rings is 1. The second-order valence-corrected chi connectivity index (χ2v) is 10.2. The molecule has 0 saturated carbocycles. The summed E-state index contributed by atoms with van der Waals surface area (Å²) < 4.78 is 38.8. The van der Waals surface area contributed by atoms with Crippen LogP contribution in [0.3, 0.4) is 0 Å². The third-order valence-electron chi connectivity index (χ3n) is 7.10. The maximum Gasteiger partial charge on any atom is 0.389 e. The van der Waals surface area contributed by atoms with Crippen molar-refractivity contribution in [1.29, 1.82) is 0 Å². The van der Waals surface area contributed by atoms with Gasteiger partial charge in [-0.25, -0.2) is 4.52 Å². The Hall–Kier alpha value is -4.37. The number of carbonyl (C=O) groups is 2. The Bertz CT molecular complexity index is 1410. The van der Waals surface area contributed by atoms with Crippen molar-refractivity contribution >= 4 is 34.7 Å². The van der Waals surface area contributed by atoms with Crippen LogP contribution >= 0.6 is 0 Å². The van der Waals surface area contributed by atoms with Crippen LogP contribution in [0, 0.1) is 12.8 Å². The maximum absolute atomic E-state index is 12.4. The summed E-state index contributed by atoms with van der Waals surface area (Å²) in [7, 11) is 3.76. The van der Waals surface area contributed by atoms with E-state index in [1.807, 2.05) is 18.2 Å². The lowest BCUT2D eigenvalue weighted by molar-refractivity contribution is -0.148. The number of rotatable bonds is 6. The molecule has 0 aliphatic carbocycles. The second-order valence-electron chi connectivity index (χ2n) is 10.2. The van der Waals surface area contributed by atoms with Crippen molar-refractivity contribution in [2.24, 2.45) is 0 Å². The van der Waals surface area contributed by atoms with Crippen LogP contribution in [-0.4, -0.2) is 82.7 Å². The summed E-state index contributed by atoms with van der Waals surface area (Å²) in [4.78, 5) is 32.2. The lowest BCUT2D eigenvalue weighted by Gasteiger charge is -2.27. The molecule has 0 spiro atoms. The number of alkyl halides is 3. The monoisotopic (exact) mass is 597 g/mol. The normalized spacial score (nSPS) is 15.3. The van der Waals surface area contributed by atoms with E-state index in [1.165, 1.54) is 37.3 Å². The quantitative estimate of drug-likeness (QED) is 0.382. The molecule has 2 aromatic heterocycles. The Labute approximate surface area is 250 Å². The minimum atomic E-state index is -4.34. The largest absolute Gasteiger partial charge is 0.389 e. The smallest absolute Gasteiger partial charge is 0.355 e. The second kappa shape index (κ2) is 15.7. The average molecular weight is 598 g/mol. The van der Waals surface area contributed by atoms with E-state index in [-0.39, 0.29) is 12.5 Å². The summed E-state index contributed by atoms with van der Waals surface area (Å²) >= 11 is 0. The summed E-state index contributed by atoms with van der Waals surface area (Å²) in [6.45, 7) is 3.24. The molecule has 0 atom stereocenters. The molecule has 5 rings (SSSR count). The lowest BCUT2D eigenvalue weighted by atomic mass is 10.00. The first-order valence-corrected chi connectivity index (χ1v) is 14.1. The number of carbonyl (C=O) groups excluding carboxylic acids is 2. The Morgan fingerprint density at radius 3 is 2.28 bits per heavy atom. The molecule has 2 aliphatic heterocycles. The Balaban J connectivity index is 0.000000487. The highest BCUT2D eigenvalue weighted by molar-refractivity contribution is 5.94. The van der Waals surface area contributed by atoms with Crippen molar-refractivity contribution in [3.63, 3.8) is 0 Å². The van der Waals surface area contributed by atoms with Crippen molar-refractivity contribution in [1.82, 2.24) is 29.7 Å². The van der Waals surface area contributed by atoms with Crippen LogP contribution in [0.5, 0.6) is 0 Å². The first-order chi connectivity index (χ1) is 20.6. The number of fused-ring (bicyclic) bond motifs is 1. The SMILES string of the molecule is C#C.CN1CCCCC1.CNC(=O)c1ccc(Nc2nc3c(C4=CCN(C(=O)CCC(F)(F)F)CC4)cccn3n2)cc1. The van der Waals surface area contributed by atoms with Crippen molar-refractivity contribution in [3.05, 3.63) is 59.8 Å². The number of anilines is 2. The van der Waals surface area contributed by atoms with E-state index in [9.17, 15) is 22.8 Å². The molecule has 9 nitrogen and oxygen atoms in total. The summed E-state index contributed by atoms with van der Waals surface area (Å²) in [5.41, 5.74) is 3.68. The van der Waals surface area contributed by atoms with E-state index in [0.717, 1.165) is 16.8 Å². The van der Waals surface area contributed by atoms with Crippen molar-refractivity contribution in [3.8, 4) is 12.8 Å². The predicted octanol–water partition coefficient (Wildman–Crippen LogP) is 5.14. The molecule has 0 bridgehead atoms. The highest BCUT2D eigenvalue weighted by atomic mass is 19.4. The minimum absolute atomic E-state index is 0.177. The van der Waals surface area contributed by atoms with Crippen LogP contribution < -0.4 is 10.6 Å². The van der Waals surface area contributed by atoms with Gasteiger partial charge in [0.1, 0.15) is 0 Å². The van der Waals surface area contributed by atoms with Gasteiger partial charge in [-0.1, -0.05) is 12.5 Å². The van der Waals surface area contributed by atoms with E-state index >= 15 is 0 Å². The van der Waals surface area contributed by atoms with Gasteiger partial charge < -0.3 is 20.4 Å². The molecular weight excluding hydrogens is 559 g/mol. The van der Waals surface area contributed by atoms with Gasteiger partial charge in [-0.05, 0) is 81.4 Å². The molecule has 1 saturated heterocycles. The van der Waals surface area contributed by atoms with E-state index < -0.39 is 24.9 Å². The molecule has 1 aromatic carbocycles. The number of amides is 2. The lowest BCUT2D eigenvalue weighted by Crippen LogP contribution is -2.35. The van der Waals surface area contributed by atoms with Gasteiger partial charge in [-0.3, -0.25) is 9.59 Å². The predicted molar refractivity (Wildman–Crippen MR) is 162 cm³/mol. The van der Waals surface area contributed by atoms with Gasteiger partial charge in [0.25, 0.3) is 5.91 Å². The number of piperidine rings is 1. The Morgan fingerprint density at radius 1 is 1.02 bits per heavy atom. The van der Waals surface area contributed by atoms with Crippen molar-refractivity contribution in [2.45, 2.75) is 44.7 Å². The molecule has 0 unspecified atom stereocenters. The third-order valence-corrected chi connectivity index (χ3v) is 7.10. The highest BCUT2D eigenvalue weighted by Crippen LogP contribution is 2.28. The third kappa shape index (κ3) is 9.85. The van der Waals surface area contributed by atoms with Gasteiger partial charge in [-0.15, -0.1) is 17.9 Å². The van der Waals surface area contributed by atoms with E-state index in [4.69, 9.17) is 0 Å². The first-order valence-electron chi connectivity index (χ1n) is 14.1. The Morgan fingerprint density at radius 2 is 1.72 bits per heavy atom. The van der Waals surface area contributed by atoms with Crippen LogP contribution in [-0.2, 0) is 4.79 Å². The molecule has 1 fully saturated rings. The van der Waals surface area contributed by atoms with Crippen LogP contribution in [0.25, 0.3) is 11.2 Å². The summed E-state index contributed by atoms with van der Waals surface area (Å²) in [6.07, 6.45) is 10.4. The van der Waals surface area contributed by atoms with Crippen molar-refractivity contribution < 1.29 is 22.8 Å². The topological polar surface area (TPSA) is 94.9 Å². The minimum Gasteiger partial charge on any atom is -0.355 e. The molecule has 2 aliphatic rings. The van der Waals surface area contributed by atoms with E-state index in [1.54, 1.807) is 42.0 Å². The van der Waals surface area contributed by atoms with Gasteiger partial charge in [0.2, 0.25) is 11.9 Å². The maximum atomic E-state index is 12.4. The fourth-order valence-corrected chi connectivity index (χ4v) is 4.79. The molecule has 3 aromatic rings. The Kier molecular flexibility index (Phi) is 12.1. The van der Waals surface area contributed by atoms with Gasteiger partial charge in [0.15, 0.2) is 5.65 Å². The van der Waals surface area contributed by atoms with Crippen LogP contribution in [0.2, 0.25) is 0 Å². The molecule has 12 heteroatoms. The molecule has 0 radical (unpaired) electrons. The number of nitrogens with one attached hydrogen (secondary N) is 2. The number of likely N-dealkylation sites (tertiary alicyclic amines) is 1. The number of hydrogen-bond donors (Lipinski definition) is 2. The fraction of sp³-hybridized carbons (Fsp3) is 0.419. The fourth-order valence-electron chi connectivity index (χ4n) is 4.79. The number of benzene rings is 1. The van der Waals surface area contributed by atoms with E-state index in [2.05, 4.69) is 45.5 Å². The zero-order valence-corrected chi connectivity index (χ0v) is 24.5.